The zero-order valence-corrected chi connectivity index (χ0v) is 32.3. The molecule has 5 heterocycles. The van der Waals surface area contributed by atoms with E-state index < -0.39 is 0 Å². The van der Waals surface area contributed by atoms with Gasteiger partial charge in [-0.2, -0.15) is 0 Å². The van der Waals surface area contributed by atoms with Gasteiger partial charge in [-0.15, -0.1) is 22.7 Å². The first-order valence-electron chi connectivity index (χ1n) is 18.3. The van der Waals surface area contributed by atoms with Crippen molar-refractivity contribution in [2.24, 2.45) is 11.8 Å². The Balaban J connectivity index is 0.000000194. The van der Waals surface area contributed by atoms with E-state index in [0.717, 1.165) is 63.3 Å². The van der Waals surface area contributed by atoms with E-state index in [2.05, 4.69) is 97.3 Å². The van der Waals surface area contributed by atoms with E-state index in [4.69, 9.17) is 4.98 Å². The van der Waals surface area contributed by atoms with Crippen molar-refractivity contribution in [1.82, 2.24) is 25.4 Å². The fourth-order valence-corrected chi connectivity index (χ4v) is 8.56. The average Bonchev–Trinajstić information content (AvgIpc) is 3.81. The van der Waals surface area contributed by atoms with Gasteiger partial charge in [-0.3, -0.25) is 14.6 Å². The topological polar surface area (TPSA) is 77.6 Å². The molecule has 6 rings (SSSR count). The van der Waals surface area contributed by atoms with E-state index in [1.807, 2.05) is 41.4 Å². The van der Waals surface area contributed by atoms with E-state index >= 15 is 0 Å². The number of thiophene rings is 2. The lowest BCUT2D eigenvalue weighted by Crippen LogP contribution is -2.45. The Hall–Kier alpha value is -3.37. The molecule has 2 aliphatic rings. The van der Waals surface area contributed by atoms with Crippen LogP contribution in [0, 0.1) is 25.7 Å². The molecule has 0 saturated heterocycles. The molecular formula is C41H55N5O2S2. The van der Waals surface area contributed by atoms with Gasteiger partial charge < -0.3 is 20.4 Å². The fourth-order valence-electron chi connectivity index (χ4n) is 6.75. The molecule has 2 N–H and O–H groups in total. The Kier molecular flexibility index (Phi) is 13.8. The highest BCUT2D eigenvalue weighted by Crippen LogP contribution is 2.39. The van der Waals surface area contributed by atoms with Gasteiger partial charge in [-0.05, 0) is 103 Å². The molecular weight excluding hydrogens is 659 g/mol. The molecule has 4 atom stereocenters. The van der Waals surface area contributed by atoms with Crippen LogP contribution in [0.3, 0.4) is 0 Å². The van der Waals surface area contributed by atoms with Gasteiger partial charge in [0.15, 0.2) is 0 Å². The second-order valence-corrected chi connectivity index (χ2v) is 16.0. The van der Waals surface area contributed by atoms with Crippen molar-refractivity contribution in [2.75, 3.05) is 39.3 Å². The highest BCUT2D eigenvalue weighted by atomic mass is 32.1. The van der Waals surface area contributed by atoms with Crippen LogP contribution in [0.15, 0.2) is 65.4 Å². The van der Waals surface area contributed by atoms with Gasteiger partial charge in [0.1, 0.15) is 6.04 Å². The lowest BCUT2D eigenvalue weighted by atomic mass is 9.92. The molecule has 7 nitrogen and oxygen atoms in total. The predicted octanol–water partition coefficient (Wildman–Crippen LogP) is 7.73. The van der Waals surface area contributed by atoms with Gasteiger partial charge in [-0.1, -0.05) is 76.4 Å². The molecule has 3 aromatic heterocycles. The smallest absolute Gasteiger partial charge is 0.237 e. The van der Waals surface area contributed by atoms with Gasteiger partial charge >= 0.3 is 0 Å². The van der Waals surface area contributed by atoms with E-state index in [1.54, 1.807) is 11.3 Å². The minimum atomic E-state index is -0.0622. The van der Waals surface area contributed by atoms with Crippen LogP contribution in [0.4, 0.5) is 0 Å². The van der Waals surface area contributed by atoms with Crippen LogP contribution in [-0.4, -0.2) is 65.9 Å². The molecule has 4 unspecified atom stereocenters. The molecule has 4 aromatic rings. The zero-order valence-electron chi connectivity index (χ0n) is 30.7. The number of hydrogen-bond donors (Lipinski definition) is 2. The Morgan fingerprint density at radius 3 is 1.86 bits per heavy atom. The summed E-state index contributed by atoms with van der Waals surface area (Å²) in [5, 5.41) is 11.0. The van der Waals surface area contributed by atoms with Gasteiger partial charge in [0.05, 0.1) is 24.8 Å². The molecule has 50 heavy (non-hydrogen) atoms. The number of carbonyl (C=O) groups excluding carboxylic acids is 2. The lowest BCUT2D eigenvalue weighted by molar-refractivity contribution is -0.133. The summed E-state index contributed by atoms with van der Waals surface area (Å²) in [6.07, 6.45) is 4.16. The molecule has 268 valence electrons. The fraction of sp³-hybridized carbons (Fsp3) is 0.488. The van der Waals surface area contributed by atoms with Crippen molar-refractivity contribution in [3.63, 3.8) is 0 Å². The molecule has 0 saturated carbocycles. The van der Waals surface area contributed by atoms with Crippen molar-refractivity contribution in [1.29, 1.82) is 0 Å². The summed E-state index contributed by atoms with van der Waals surface area (Å²) in [7, 11) is 0. The number of hydrogen-bond acceptors (Lipinski definition) is 7. The number of carbonyl (C=O) groups is 2. The number of aromatic nitrogens is 1. The zero-order chi connectivity index (χ0) is 35.6. The first-order valence-corrected chi connectivity index (χ1v) is 20.1. The summed E-state index contributed by atoms with van der Waals surface area (Å²) in [5.74, 6) is 1.55. The Morgan fingerprint density at radius 2 is 1.32 bits per heavy atom. The standard InChI is InChI=1S/C21H28N2OS.C20H27N3OS/c1-4-15(2)13-22-14-20(24)23-10-8-19-18(9-11-25-19)21(23)17-7-5-6-16(3)12-17;1-4-14(2)12-21-13-19(24)23-10-8-18-16(9-11-25-18)20(23)17-7-5-6-15(3)22-17/h5-7,9,11-12,15,21-22H,4,8,10,13-14H2,1-3H3;5-7,9,11,14,20-21H,4,8,10,12-13H2,1-3H3. The maximum Gasteiger partial charge on any atom is 0.237 e. The molecule has 2 aliphatic heterocycles. The number of nitrogens with one attached hydrogen (secondary N) is 2. The number of amides is 2. The van der Waals surface area contributed by atoms with Crippen LogP contribution in [-0.2, 0) is 22.4 Å². The van der Waals surface area contributed by atoms with E-state index in [1.165, 1.54) is 32.0 Å². The van der Waals surface area contributed by atoms with Crippen LogP contribution in [0.5, 0.6) is 0 Å². The van der Waals surface area contributed by atoms with Gasteiger partial charge in [0.25, 0.3) is 0 Å². The number of nitrogens with zero attached hydrogens (tertiary/aromatic N) is 3. The first-order chi connectivity index (χ1) is 24.2. The average molecular weight is 714 g/mol. The summed E-state index contributed by atoms with van der Waals surface area (Å²) < 4.78 is 0. The molecule has 0 radical (unpaired) electrons. The Labute approximate surface area is 307 Å². The Morgan fingerprint density at radius 1 is 0.780 bits per heavy atom. The van der Waals surface area contributed by atoms with Crippen molar-refractivity contribution < 1.29 is 9.59 Å². The third-order valence-corrected chi connectivity index (χ3v) is 12.0. The lowest BCUT2D eigenvalue weighted by Gasteiger charge is -2.36. The largest absolute Gasteiger partial charge is 0.330 e. The molecule has 0 spiro atoms. The third-order valence-electron chi connectivity index (χ3n) is 10.1. The highest BCUT2D eigenvalue weighted by molar-refractivity contribution is 7.10. The third kappa shape index (κ3) is 9.49. The van der Waals surface area contributed by atoms with E-state index in [-0.39, 0.29) is 23.9 Å². The van der Waals surface area contributed by atoms with E-state index in [9.17, 15) is 9.59 Å². The second kappa shape index (κ2) is 18.2. The van der Waals surface area contributed by atoms with Crippen molar-refractivity contribution >= 4 is 34.5 Å². The maximum atomic E-state index is 12.9. The van der Waals surface area contributed by atoms with Crippen LogP contribution >= 0.6 is 22.7 Å². The molecule has 2 amide bonds. The summed E-state index contributed by atoms with van der Waals surface area (Å²) in [5.41, 5.74) is 6.95. The normalized spacial score (nSPS) is 18.0. The summed E-state index contributed by atoms with van der Waals surface area (Å²) >= 11 is 3.60. The number of aryl methyl sites for hydroxylation is 2. The molecule has 0 bridgehead atoms. The summed E-state index contributed by atoms with van der Waals surface area (Å²) in [6, 6.07) is 19.0. The minimum absolute atomic E-state index is 0.0489. The van der Waals surface area contributed by atoms with Crippen molar-refractivity contribution in [3.05, 3.63) is 109 Å². The van der Waals surface area contributed by atoms with E-state index in [0.29, 0.717) is 24.9 Å². The van der Waals surface area contributed by atoms with Gasteiger partial charge in [0, 0.05) is 28.5 Å². The van der Waals surface area contributed by atoms with Crippen molar-refractivity contribution in [2.45, 2.75) is 79.3 Å². The molecule has 0 aliphatic carbocycles. The number of fused-ring (bicyclic) bond motifs is 2. The van der Waals surface area contributed by atoms with Gasteiger partial charge in [-0.25, -0.2) is 0 Å². The molecule has 9 heteroatoms. The number of benzene rings is 1. The summed E-state index contributed by atoms with van der Waals surface area (Å²) in [4.78, 5) is 37.4. The van der Waals surface area contributed by atoms with Crippen LogP contribution in [0.1, 0.15) is 96.0 Å². The van der Waals surface area contributed by atoms with Crippen LogP contribution in [0.2, 0.25) is 0 Å². The second-order valence-electron chi connectivity index (χ2n) is 14.0. The van der Waals surface area contributed by atoms with Crippen molar-refractivity contribution in [3.8, 4) is 0 Å². The SMILES string of the molecule is CCC(C)CNCC(=O)N1CCc2sccc2C1c1cccc(C)c1.CCC(C)CNCC(=O)N1CCc2sccc2C1c1cccc(C)n1. The quantitative estimate of drug-likeness (QED) is 0.157. The Bertz CT molecular complexity index is 1580. The highest BCUT2D eigenvalue weighted by Gasteiger charge is 2.34. The number of pyridine rings is 1. The number of rotatable bonds is 12. The molecule has 1 aromatic carbocycles. The van der Waals surface area contributed by atoms with Crippen LogP contribution in [0.25, 0.3) is 0 Å². The van der Waals surface area contributed by atoms with Crippen LogP contribution < -0.4 is 10.6 Å². The minimum Gasteiger partial charge on any atom is -0.330 e. The predicted molar refractivity (Wildman–Crippen MR) is 208 cm³/mol. The molecule has 0 fully saturated rings. The summed E-state index contributed by atoms with van der Waals surface area (Å²) in [6.45, 7) is 17.1. The maximum absolute atomic E-state index is 12.9. The first kappa shape index (κ1) is 37.9. The monoisotopic (exact) mass is 713 g/mol. The van der Waals surface area contributed by atoms with Gasteiger partial charge in [0.2, 0.25) is 11.8 Å².